The third-order valence-electron chi connectivity index (χ3n) is 5.41. The molecule has 0 radical (unpaired) electrons. The number of rotatable bonds is 10. The Kier molecular flexibility index (Phi) is 10.1. The van der Waals surface area contributed by atoms with Crippen molar-refractivity contribution in [3.05, 3.63) is 53.0 Å². The maximum absolute atomic E-state index is 13.3. The second-order valence-electron chi connectivity index (χ2n) is 9.02. The molecule has 2 nitrogen and oxygen atoms in total. The Bertz CT molecular complexity index is 682. The SMILES string of the molecule is CC/C=C/C(=C\[C@@H](CCCC)O[Si](C)(C)C(C)(C)C)S(=O)c1ccc(C)cc1. The summed E-state index contributed by atoms with van der Waals surface area (Å²) in [6.07, 6.45) is 10.4. The molecule has 1 aromatic carbocycles. The summed E-state index contributed by atoms with van der Waals surface area (Å²) in [5.41, 5.74) is 1.18. The highest BCUT2D eigenvalue weighted by Crippen LogP contribution is 2.38. The molecule has 0 bridgehead atoms. The lowest BCUT2D eigenvalue weighted by atomic mass is 10.1. The van der Waals surface area contributed by atoms with Crippen molar-refractivity contribution < 1.29 is 8.63 Å². The average Bonchev–Trinajstić information content (AvgIpc) is 2.61. The van der Waals surface area contributed by atoms with E-state index in [9.17, 15) is 4.21 Å². The van der Waals surface area contributed by atoms with Gasteiger partial charge in [0.15, 0.2) is 8.32 Å². The van der Waals surface area contributed by atoms with E-state index in [1.807, 2.05) is 37.3 Å². The van der Waals surface area contributed by atoms with Crippen molar-refractivity contribution in [2.75, 3.05) is 0 Å². The first kappa shape index (κ1) is 25.1. The molecule has 0 aromatic heterocycles. The molecular weight excluding hydrogens is 380 g/mol. The van der Waals surface area contributed by atoms with E-state index in [1.54, 1.807) is 0 Å². The molecule has 0 aliphatic heterocycles. The van der Waals surface area contributed by atoms with Crippen molar-refractivity contribution in [2.45, 2.75) is 96.4 Å². The zero-order chi connectivity index (χ0) is 21.4. The summed E-state index contributed by atoms with van der Waals surface area (Å²) in [6, 6.07) is 7.98. The zero-order valence-corrected chi connectivity index (χ0v) is 21.0. The molecule has 4 heteroatoms. The Morgan fingerprint density at radius 1 is 1.18 bits per heavy atom. The standard InChI is InChI=1S/C24H40O2SSi/c1-9-11-13-21(26-28(7,8)24(4,5)6)19-23(14-12-10-2)27(25)22-17-15-20(3)16-18-22/h12,14-19,21H,9-11,13H2,1-8H3/b14-12+,23-19+/t21-,27?/m1/s1. The Hall–Kier alpha value is -0.973. The molecule has 1 aromatic rings. The minimum absolute atomic E-state index is 0.00625. The van der Waals surface area contributed by atoms with E-state index in [0.29, 0.717) is 0 Å². The third kappa shape index (κ3) is 7.80. The minimum Gasteiger partial charge on any atom is -0.411 e. The molecule has 1 unspecified atom stereocenters. The Morgan fingerprint density at radius 2 is 1.79 bits per heavy atom. The van der Waals surface area contributed by atoms with E-state index < -0.39 is 19.1 Å². The van der Waals surface area contributed by atoms with Gasteiger partial charge >= 0.3 is 0 Å². The van der Waals surface area contributed by atoms with Crippen molar-refractivity contribution in [1.29, 1.82) is 0 Å². The van der Waals surface area contributed by atoms with Gasteiger partial charge in [-0.05, 0) is 62.2 Å². The topological polar surface area (TPSA) is 26.3 Å². The maximum Gasteiger partial charge on any atom is 0.192 e. The van der Waals surface area contributed by atoms with Gasteiger partial charge in [-0.25, -0.2) is 4.21 Å². The molecule has 0 amide bonds. The van der Waals surface area contributed by atoms with Crippen LogP contribution >= 0.6 is 0 Å². The Balaban J connectivity index is 3.25. The lowest BCUT2D eigenvalue weighted by Crippen LogP contribution is -2.43. The summed E-state index contributed by atoms with van der Waals surface area (Å²) in [4.78, 5) is 1.70. The first-order valence-corrected chi connectivity index (χ1v) is 14.6. The minimum atomic E-state index is -1.91. The molecule has 28 heavy (non-hydrogen) atoms. The van der Waals surface area contributed by atoms with Gasteiger partial charge in [0.25, 0.3) is 0 Å². The van der Waals surface area contributed by atoms with Gasteiger partial charge in [-0.2, -0.15) is 0 Å². The van der Waals surface area contributed by atoms with E-state index in [4.69, 9.17) is 4.43 Å². The summed E-state index contributed by atoms with van der Waals surface area (Å²) in [5.74, 6) is 0. The molecule has 0 aliphatic carbocycles. The average molecular weight is 421 g/mol. The lowest BCUT2D eigenvalue weighted by molar-refractivity contribution is 0.211. The van der Waals surface area contributed by atoms with Crippen LogP contribution in [0.3, 0.4) is 0 Å². The van der Waals surface area contributed by atoms with Crippen LogP contribution in [0.5, 0.6) is 0 Å². The molecule has 0 aliphatic rings. The number of aryl methyl sites for hydroxylation is 1. The van der Waals surface area contributed by atoms with Gasteiger partial charge in [-0.15, -0.1) is 0 Å². The van der Waals surface area contributed by atoms with Gasteiger partial charge in [-0.1, -0.05) is 71.2 Å². The summed E-state index contributed by atoms with van der Waals surface area (Å²) in [5, 5.41) is 0.154. The Morgan fingerprint density at radius 3 is 2.29 bits per heavy atom. The van der Waals surface area contributed by atoms with Crippen LogP contribution in [0.2, 0.25) is 18.1 Å². The van der Waals surface area contributed by atoms with E-state index in [0.717, 1.165) is 35.5 Å². The number of allylic oxidation sites excluding steroid dienone is 2. The number of hydrogen-bond donors (Lipinski definition) is 0. The number of benzene rings is 1. The zero-order valence-electron chi connectivity index (χ0n) is 19.2. The largest absolute Gasteiger partial charge is 0.411 e. The van der Waals surface area contributed by atoms with Gasteiger partial charge in [0.1, 0.15) is 0 Å². The molecule has 158 valence electrons. The van der Waals surface area contributed by atoms with Crippen molar-refractivity contribution in [3.63, 3.8) is 0 Å². The van der Waals surface area contributed by atoms with Crippen LogP contribution in [-0.2, 0) is 15.2 Å². The van der Waals surface area contributed by atoms with E-state index >= 15 is 0 Å². The van der Waals surface area contributed by atoms with Gasteiger partial charge < -0.3 is 4.43 Å². The monoisotopic (exact) mass is 420 g/mol. The molecule has 0 spiro atoms. The fourth-order valence-electron chi connectivity index (χ4n) is 2.53. The first-order valence-electron chi connectivity index (χ1n) is 10.6. The van der Waals surface area contributed by atoms with Crippen LogP contribution in [0, 0.1) is 6.92 Å². The predicted molar refractivity (Wildman–Crippen MR) is 127 cm³/mol. The van der Waals surface area contributed by atoms with E-state index in [-0.39, 0.29) is 11.1 Å². The highest BCUT2D eigenvalue weighted by molar-refractivity contribution is 7.89. The molecule has 0 saturated carbocycles. The van der Waals surface area contributed by atoms with Crippen molar-refractivity contribution in [3.8, 4) is 0 Å². The van der Waals surface area contributed by atoms with Crippen LogP contribution in [-0.4, -0.2) is 18.6 Å². The maximum atomic E-state index is 13.3. The van der Waals surface area contributed by atoms with Gasteiger partial charge in [0.2, 0.25) is 0 Å². The normalized spacial score (nSPS) is 15.8. The van der Waals surface area contributed by atoms with Gasteiger partial charge in [0.05, 0.1) is 16.9 Å². The highest BCUT2D eigenvalue weighted by Gasteiger charge is 2.38. The van der Waals surface area contributed by atoms with Crippen molar-refractivity contribution in [1.82, 2.24) is 0 Å². The van der Waals surface area contributed by atoms with Crippen LogP contribution in [0.15, 0.2) is 52.3 Å². The number of hydrogen-bond acceptors (Lipinski definition) is 2. The first-order chi connectivity index (χ1) is 13.0. The summed E-state index contributed by atoms with van der Waals surface area (Å²) >= 11 is 0. The fourth-order valence-corrected chi connectivity index (χ4v) is 4.98. The summed E-state index contributed by atoms with van der Waals surface area (Å²) in [7, 11) is -3.10. The molecule has 2 atom stereocenters. The smallest absolute Gasteiger partial charge is 0.192 e. The summed E-state index contributed by atoms with van der Waals surface area (Å²) in [6.45, 7) is 17.7. The molecule has 1 rings (SSSR count). The molecule has 0 fully saturated rings. The second kappa shape index (κ2) is 11.3. The lowest BCUT2D eigenvalue weighted by Gasteiger charge is -2.38. The quantitative estimate of drug-likeness (QED) is 0.289. The third-order valence-corrected chi connectivity index (χ3v) is 11.3. The van der Waals surface area contributed by atoms with Crippen LogP contribution < -0.4 is 0 Å². The highest BCUT2D eigenvalue weighted by atomic mass is 32.2. The number of unbranched alkanes of at least 4 members (excludes halogenated alkanes) is 1. The molecule has 0 saturated heterocycles. The second-order valence-corrected chi connectivity index (χ2v) is 15.3. The molecular formula is C24H40O2SSi. The van der Waals surface area contributed by atoms with Crippen molar-refractivity contribution >= 4 is 19.1 Å². The van der Waals surface area contributed by atoms with Crippen molar-refractivity contribution in [2.24, 2.45) is 0 Å². The summed E-state index contributed by atoms with van der Waals surface area (Å²) < 4.78 is 20.0. The van der Waals surface area contributed by atoms with Crippen LogP contribution in [0.25, 0.3) is 0 Å². The van der Waals surface area contributed by atoms with Gasteiger partial charge in [-0.3, -0.25) is 0 Å². The Labute approximate surface area is 177 Å². The van der Waals surface area contributed by atoms with E-state index in [2.05, 4.69) is 59.9 Å². The van der Waals surface area contributed by atoms with E-state index in [1.165, 1.54) is 5.56 Å². The molecule has 0 heterocycles. The van der Waals surface area contributed by atoms with Gasteiger partial charge in [0, 0.05) is 9.80 Å². The fraction of sp³-hybridized carbons (Fsp3) is 0.583. The predicted octanol–water partition coefficient (Wildman–Crippen LogP) is 7.53. The van der Waals surface area contributed by atoms with Crippen LogP contribution in [0.1, 0.15) is 65.9 Å². The molecule has 0 N–H and O–H groups in total. The van der Waals surface area contributed by atoms with Crippen LogP contribution in [0.4, 0.5) is 0 Å².